The van der Waals surface area contributed by atoms with Gasteiger partial charge >= 0.3 is 17.9 Å². The van der Waals surface area contributed by atoms with Crippen LogP contribution >= 0.6 is 22.7 Å². The molecule has 0 aliphatic carbocycles. The summed E-state index contributed by atoms with van der Waals surface area (Å²) in [6, 6.07) is 6.39. The number of aliphatic hydroxyl groups excluding tert-OH is 1. The van der Waals surface area contributed by atoms with Crippen molar-refractivity contribution in [3.63, 3.8) is 0 Å². The van der Waals surface area contributed by atoms with Gasteiger partial charge < -0.3 is 25.5 Å². The Kier molecular flexibility index (Phi) is 10.8. The van der Waals surface area contributed by atoms with E-state index in [1.54, 1.807) is 22.7 Å². The third-order valence-electron chi connectivity index (χ3n) is 4.10. The number of rotatable bonds is 11. The van der Waals surface area contributed by atoms with Gasteiger partial charge in [-0.05, 0) is 42.3 Å². The molecule has 2 aromatic heterocycles. The van der Waals surface area contributed by atoms with Crippen LogP contribution in [-0.4, -0.2) is 66.6 Å². The van der Waals surface area contributed by atoms with Crippen molar-refractivity contribution in [2.75, 3.05) is 6.54 Å². The molecule has 0 spiro atoms. The van der Waals surface area contributed by atoms with E-state index in [1.807, 2.05) is 6.92 Å². The van der Waals surface area contributed by atoms with Gasteiger partial charge in [0.05, 0.1) is 18.9 Å². The fraction of sp³-hybridized carbons (Fsp3) is 0.450. The summed E-state index contributed by atoms with van der Waals surface area (Å²) in [6.07, 6.45) is -2.58. The second-order valence-electron chi connectivity index (χ2n) is 7.10. The van der Waals surface area contributed by atoms with E-state index in [1.165, 1.54) is 15.3 Å². The van der Waals surface area contributed by atoms with Gasteiger partial charge in [0.1, 0.15) is 0 Å². The minimum atomic E-state index is -2.74. The molecule has 0 aliphatic rings. The highest BCUT2D eigenvalue weighted by molar-refractivity contribution is 7.10. The largest absolute Gasteiger partial charge is 0.481 e. The SMILES string of the molecule is Cc1ccsc1CN(Cc1cccs1)CC(C)O.O=C(O)CC(O)(CC(=O)O)C(=O)O. The highest BCUT2D eigenvalue weighted by atomic mass is 32.1. The first-order valence-electron chi connectivity index (χ1n) is 9.28. The molecular weight excluding hydrogens is 446 g/mol. The van der Waals surface area contributed by atoms with E-state index in [-0.39, 0.29) is 6.10 Å². The van der Waals surface area contributed by atoms with Crippen molar-refractivity contribution in [1.29, 1.82) is 0 Å². The number of aryl methyl sites for hydroxylation is 1. The molecule has 1 unspecified atom stereocenters. The van der Waals surface area contributed by atoms with E-state index in [4.69, 9.17) is 20.4 Å². The second kappa shape index (κ2) is 12.5. The molecule has 31 heavy (non-hydrogen) atoms. The molecule has 2 heterocycles. The number of nitrogens with zero attached hydrogens (tertiary/aromatic N) is 1. The van der Waals surface area contributed by atoms with E-state index >= 15 is 0 Å². The quantitative estimate of drug-likeness (QED) is 0.330. The van der Waals surface area contributed by atoms with Crippen LogP contribution in [0.2, 0.25) is 0 Å². The standard InChI is InChI=1S/C14H19NOS2.C6H8O7/c1-11-5-7-18-14(11)10-15(8-12(2)16)9-13-4-3-6-17-13;7-3(8)1-6(13,5(11)12)2-4(9)10/h3-7,12,16H,8-10H2,1-2H3;13H,1-2H2,(H,7,8)(H,9,10)(H,11,12). The van der Waals surface area contributed by atoms with E-state index in [9.17, 15) is 19.5 Å². The number of carboxylic acids is 3. The predicted octanol–water partition coefficient (Wildman–Crippen LogP) is 2.25. The van der Waals surface area contributed by atoms with Crippen molar-refractivity contribution in [1.82, 2.24) is 4.90 Å². The average Bonchev–Trinajstić information content (AvgIpc) is 3.25. The van der Waals surface area contributed by atoms with Crippen molar-refractivity contribution in [3.8, 4) is 0 Å². The van der Waals surface area contributed by atoms with Gasteiger partial charge in [0.15, 0.2) is 5.60 Å². The third-order valence-corrected chi connectivity index (χ3v) is 5.97. The lowest BCUT2D eigenvalue weighted by molar-refractivity contribution is -0.170. The molecular formula is C20H27NO8S2. The van der Waals surface area contributed by atoms with Gasteiger partial charge in [-0.2, -0.15) is 0 Å². The molecule has 9 nitrogen and oxygen atoms in total. The van der Waals surface area contributed by atoms with Crippen LogP contribution in [0.15, 0.2) is 29.0 Å². The van der Waals surface area contributed by atoms with Crippen LogP contribution in [0, 0.1) is 6.92 Å². The summed E-state index contributed by atoms with van der Waals surface area (Å²) in [4.78, 5) is 35.5. The van der Waals surface area contributed by atoms with Crippen LogP contribution < -0.4 is 0 Å². The number of aliphatic hydroxyl groups is 2. The van der Waals surface area contributed by atoms with Crippen LogP contribution in [0.3, 0.4) is 0 Å². The summed E-state index contributed by atoms with van der Waals surface area (Å²) in [5, 5.41) is 47.7. The van der Waals surface area contributed by atoms with Crippen molar-refractivity contribution in [2.45, 2.75) is 51.5 Å². The van der Waals surface area contributed by atoms with Crippen molar-refractivity contribution >= 4 is 40.6 Å². The zero-order chi connectivity index (χ0) is 23.6. The van der Waals surface area contributed by atoms with E-state index in [2.05, 4.69) is 40.8 Å². The summed E-state index contributed by atoms with van der Waals surface area (Å²) in [6.45, 7) is 6.56. The van der Waals surface area contributed by atoms with Gasteiger partial charge in [0, 0.05) is 29.4 Å². The fourth-order valence-corrected chi connectivity index (χ4v) is 4.36. The summed E-state index contributed by atoms with van der Waals surface area (Å²) < 4.78 is 0. The van der Waals surface area contributed by atoms with Crippen LogP contribution in [0.1, 0.15) is 35.1 Å². The molecule has 5 N–H and O–H groups in total. The molecule has 172 valence electrons. The molecule has 0 fully saturated rings. The van der Waals surface area contributed by atoms with Crippen LogP contribution in [-0.2, 0) is 27.5 Å². The lowest BCUT2D eigenvalue weighted by Gasteiger charge is -2.23. The van der Waals surface area contributed by atoms with Crippen LogP contribution in [0.4, 0.5) is 0 Å². The molecule has 11 heteroatoms. The van der Waals surface area contributed by atoms with Gasteiger partial charge in [-0.1, -0.05) is 6.07 Å². The Balaban J connectivity index is 0.000000330. The number of carbonyl (C=O) groups is 3. The number of hydrogen-bond acceptors (Lipinski definition) is 8. The number of carboxylic acid groups (broad SMARTS) is 3. The molecule has 0 amide bonds. The molecule has 0 saturated carbocycles. The van der Waals surface area contributed by atoms with E-state index in [0.29, 0.717) is 0 Å². The zero-order valence-electron chi connectivity index (χ0n) is 17.2. The first-order valence-corrected chi connectivity index (χ1v) is 11.0. The molecule has 0 aromatic carbocycles. The minimum Gasteiger partial charge on any atom is -0.481 e. The summed E-state index contributed by atoms with van der Waals surface area (Å²) in [5.41, 5.74) is -1.39. The lowest BCUT2D eigenvalue weighted by Crippen LogP contribution is -2.42. The molecule has 0 saturated heterocycles. The van der Waals surface area contributed by atoms with Gasteiger partial charge in [-0.25, -0.2) is 4.79 Å². The molecule has 2 rings (SSSR count). The van der Waals surface area contributed by atoms with E-state index in [0.717, 1.165) is 19.6 Å². The number of thiophene rings is 2. The minimum absolute atomic E-state index is 0.287. The second-order valence-corrected chi connectivity index (χ2v) is 9.14. The highest BCUT2D eigenvalue weighted by Gasteiger charge is 2.40. The normalized spacial score (nSPS) is 12.2. The van der Waals surface area contributed by atoms with Crippen molar-refractivity contribution < 1.29 is 39.9 Å². The maximum Gasteiger partial charge on any atom is 0.336 e. The van der Waals surface area contributed by atoms with Crippen LogP contribution in [0.25, 0.3) is 0 Å². The predicted molar refractivity (Wildman–Crippen MR) is 116 cm³/mol. The Labute approximate surface area is 187 Å². The number of aliphatic carboxylic acids is 3. The van der Waals surface area contributed by atoms with Gasteiger partial charge in [0.25, 0.3) is 0 Å². The third kappa shape index (κ3) is 10.0. The first-order chi connectivity index (χ1) is 14.4. The molecule has 1 atom stereocenters. The average molecular weight is 474 g/mol. The van der Waals surface area contributed by atoms with Gasteiger partial charge in [0.2, 0.25) is 0 Å². The van der Waals surface area contributed by atoms with Crippen LogP contribution in [0.5, 0.6) is 0 Å². The number of hydrogen-bond donors (Lipinski definition) is 5. The smallest absolute Gasteiger partial charge is 0.336 e. The van der Waals surface area contributed by atoms with Crippen molar-refractivity contribution in [2.24, 2.45) is 0 Å². The van der Waals surface area contributed by atoms with E-state index < -0.39 is 36.4 Å². The Morgan fingerprint density at radius 2 is 1.65 bits per heavy atom. The molecule has 2 aromatic rings. The summed E-state index contributed by atoms with van der Waals surface area (Å²) in [7, 11) is 0. The van der Waals surface area contributed by atoms with Crippen molar-refractivity contribution in [3.05, 3.63) is 44.3 Å². The maximum absolute atomic E-state index is 10.3. The van der Waals surface area contributed by atoms with Gasteiger partial charge in [-0.15, -0.1) is 22.7 Å². The fourth-order valence-electron chi connectivity index (χ4n) is 2.66. The zero-order valence-corrected chi connectivity index (χ0v) is 18.9. The Hall–Kier alpha value is -2.31. The molecule has 0 aliphatic heterocycles. The maximum atomic E-state index is 10.3. The highest BCUT2D eigenvalue weighted by Crippen LogP contribution is 2.20. The topological polar surface area (TPSA) is 156 Å². The first kappa shape index (κ1) is 26.7. The summed E-state index contributed by atoms with van der Waals surface area (Å²) in [5.74, 6) is -5.02. The molecule has 0 radical (unpaired) electrons. The Morgan fingerprint density at radius 1 is 1.03 bits per heavy atom. The monoisotopic (exact) mass is 473 g/mol. The Bertz CT molecular complexity index is 831. The molecule has 0 bridgehead atoms. The van der Waals surface area contributed by atoms with Gasteiger partial charge in [-0.3, -0.25) is 14.5 Å². The summed E-state index contributed by atoms with van der Waals surface area (Å²) >= 11 is 3.57. The lowest BCUT2D eigenvalue weighted by atomic mass is 9.96. The Morgan fingerprint density at radius 3 is 2.03 bits per heavy atom.